The number of fused-ring (bicyclic) bond motifs is 2. The number of hydrogen-bond acceptors (Lipinski definition) is 7. The van der Waals surface area contributed by atoms with Gasteiger partial charge < -0.3 is 24.5 Å². The number of nitriles is 2. The summed E-state index contributed by atoms with van der Waals surface area (Å²) in [4.78, 5) is 11.6. The van der Waals surface area contributed by atoms with Crippen molar-refractivity contribution in [2.45, 2.75) is 32.4 Å². The summed E-state index contributed by atoms with van der Waals surface area (Å²) in [5.74, 6) is 0.395. The average Bonchev–Trinajstić information content (AvgIpc) is 3.60. The van der Waals surface area contributed by atoms with Gasteiger partial charge in [0, 0.05) is 50.2 Å². The lowest BCUT2D eigenvalue weighted by atomic mass is 10.0. The maximum Gasteiger partial charge on any atom is 0.143 e. The number of phenolic OH excluding ortho intramolecular Hbond substituents is 2. The molecule has 220 valence electrons. The Morgan fingerprint density at radius 1 is 0.841 bits per heavy atom. The fourth-order valence-electron chi connectivity index (χ4n) is 4.91. The van der Waals surface area contributed by atoms with Crippen molar-refractivity contribution in [1.82, 2.24) is 19.5 Å². The highest BCUT2D eigenvalue weighted by Crippen LogP contribution is 2.33. The Morgan fingerprint density at radius 3 is 2.05 bits per heavy atom. The molecule has 6 aromatic rings. The van der Waals surface area contributed by atoms with E-state index in [1.54, 1.807) is 61.2 Å². The number of aromatic hydroxyl groups is 2. The Hall–Kier alpha value is -5.42. The Morgan fingerprint density at radius 2 is 1.45 bits per heavy atom. The molecule has 0 fully saturated rings. The molecule has 44 heavy (non-hydrogen) atoms. The van der Waals surface area contributed by atoms with Crippen molar-refractivity contribution < 1.29 is 14.9 Å². The third-order valence-electron chi connectivity index (χ3n) is 7.11. The second kappa shape index (κ2) is 12.8. The monoisotopic (exact) mass is 600 g/mol. The average molecular weight is 601 g/mol. The summed E-state index contributed by atoms with van der Waals surface area (Å²) in [5, 5.41) is 39.6. The highest BCUT2D eigenvalue weighted by molar-refractivity contribution is 6.76. The van der Waals surface area contributed by atoms with Gasteiger partial charge in [0.25, 0.3) is 0 Å². The van der Waals surface area contributed by atoms with Gasteiger partial charge in [0.2, 0.25) is 0 Å². The number of nitrogens with one attached hydrogen (secondary N) is 1. The lowest BCUT2D eigenvalue weighted by molar-refractivity contribution is 0.0898. The summed E-state index contributed by atoms with van der Waals surface area (Å²) >= 11 is 0. The van der Waals surface area contributed by atoms with Gasteiger partial charge in [-0.05, 0) is 64.7 Å². The van der Waals surface area contributed by atoms with E-state index in [-0.39, 0.29) is 11.5 Å². The fraction of sp³-hybridized carbons (Fsp3) is 0.176. The molecule has 0 aliphatic heterocycles. The summed E-state index contributed by atoms with van der Waals surface area (Å²) in [6.07, 6.45) is 6.84. The second-order valence-electron chi connectivity index (χ2n) is 11.5. The van der Waals surface area contributed by atoms with Crippen molar-refractivity contribution in [2.75, 3.05) is 6.61 Å². The lowest BCUT2D eigenvalue weighted by Gasteiger charge is -2.15. The van der Waals surface area contributed by atoms with Gasteiger partial charge >= 0.3 is 0 Å². The molecule has 10 heteroatoms. The molecular weight excluding hydrogens is 568 g/mol. The summed E-state index contributed by atoms with van der Waals surface area (Å²) < 4.78 is 7.71. The van der Waals surface area contributed by atoms with E-state index in [0.29, 0.717) is 30.1 Å². The van der Waals surface area contributed by atoms with Crippen LogP contribution in [0.25, 0.3) is 44.3 Å². The molecule has 0 radical (unpaired) electrons. The van der Waals surface area contributed by atoms with Crippen LogP contribution >= 0.6 is 0 Å². The smallest absolute Gasteiger partial charge is 0.143 e. The normalized spacial score (nSPS) is 11.1. The zero-order valence-corrected chi connectivity index (χ0v) is 25.7. The minimum absolute atomic E-state index is 0.195. The standard InChI is InChI=1S/C20H23N3O2Si.C14H9N3O/c1-26(2,3)10-9-25-14-23-13-16(12-21)19-18(7-8-22-20(19)23)15-5-4-6-17(24)11-15;15-7-10-8-17-14-13(10)12(4-5-16-14)9-2-1-3-11(18)6-9/h4-8,11,13,24H,9-10,14H2,1-3H3;1-6,8,18H,(H,16,17). The third-order valence-corrected chi connectivity index (χ3v) is 8.82. The molecule has 3 N–H and O–H groups in total. The van der Waals surface area contributed by atoms with Gasteiger partial charge in [-0.15, -0.1) is 0 Å². The number of H-pyrrole nitrogens is 1. The van der Waals surface area contributed by atoms with E-state index in [4.69, 9.17) is 10.00 Å². The highest BCUT2D eigenvalue weighted by Gasteiger charge is 2.16. The largest absolute Gasteiger partial charge is 0.508 e. The predicted molar refractivity (Wildman–Crippen MR) is 174 cm³/mol. The van der Waals surface area contributed by atoms with Crippen LogP contribution in [0.3, 0.4) is 0 Å². The number of hydrogen-bond donors (Lipinski definition) is 3. The first-order valence-electron chi connectivity index (χ1n) is 14.1. The molecule has 2 aromatic carbocycles. The SMILES string of the molecule is C[Si](C)(C)CCOCn1cc(C#N)c2c(-c3cccc(O)c3)ccnc21.N#Cc1c[nH]c2nccc(-c3cccc(O)c3)c12. The van der Waals surface area contributed by atoms with Gasteiger partial charge in [-0.25, -0.2) is 9.97 Å². The maximum atomic E-state index is 9.78. The van der Waals surface area contributed by atoms with E-state index < -0.39 is 8.07 Å². The van der Waals surface area contributed by atoms with E-state index in [9.17, 15) is 15.5 Å². The third kappa shape index (κ3) is 6.63. The first kappa shape index (κ1) is 30.0. The van der Waals surface area contributed by atoms with Crippen molar-refractivity contribution in [3.8, 4) is 45.9 Å². The van der Waals surface area contributed by atoms with Crippen LogP contribution in [0.1, 0.15) is 11.1 Å². The number of pyridine rings is 2. The van der Waals surface area contributed by atoms with Crippen LogP contribution < -0.4 is 0 Å². The number of rotatable bonds is 7. The topological polar surface area (TPSA) is 144 Å². The van der Waals surface area contributed by atoms with Crippen LogP contribution in [0, 0.1) is 22.7 Å². The summed E-state index contributed by atoms with van der Waals surface area (Å²) in [6, 6.07) is 23.2. The van der Waals surface area contributed by atoms with Crippen LogP contribution in [0.15, 0.2) is 85.5 Å². The molecule has 0 saturated carbocycles. The van der Waals surface area contributed by atoms with E-state index in [1.807, 2.05) is 28.8 Å². The van der Waals surface area contributed by atoms with Crippen molar-refractivity contribution in [3.63, 3.8) is 0 Å². The second-order valence-corrected chi connectivity index (χ2v) is 17.1. The molecule has 0 amide bonds. The Bertz CT molecular complexity index is 2030. The van der Waals surface area contributed by atoms with Crippen molar-refractivity contribution in [2.24, 2.45) is 0 Å². The molecule has 6 rings (SSSR count). The number of benzene rings is 2. The Balaban J connectivity index is 0.000000186. The molecule has 0 aliphatic carbocycles. The van der Waals surface area contributed by atoms with E-state index >= 15 is 0 Å². The molecule has 0 bridgehead atoms. The van der Waals surface area contributed by atoms with Crippen molar-refractivity contribution in [3.05, 3.63) is 96.6 Å². The fourth-order valence-corrected chi connectivity index (χ4v) is 5.67. The van der Waals surface area contributed by atoms with Crippen LogP contribution in [0.4, 0.5) is 0 Å². The molecular formula is C34H32N6O3Si. The molecule has 0 aliphatic rings. The molecule has 4 aromatic heterocycles. The minimum Gasteiger partial charge on any atom is -0.508 e. The number of aromatic nitrogens is 4. The summed E-state index contributed by atoms with van der Waals surface area (Å²) in [6.45, 7) is 8.04. The summed E-state index contributed by atoms with van der Waals surface area (Å²) in [7, 11) is -1.14. The first-order chi connectivity index (χ1) is 21.2. The maximum absolute atomic E-state index is 9.78. The molecule has 4 heterocycles. The predicted octanol–water partition coefficient (Wildman–Crippen LogP) is 7.40. The number of phenols is 2. The van der Waals surface area contributed by atoms with Crippen LogP contribution in [0.5, 0.6) is 11.5 Å². The Kier molecular flexibility index (Phi) is 8.77. The van der Waals surface area contributed by atoms with Crippen molar-refractivity contribution >= 4 is 30.1 Å². The first-order valence-corrected chi connectivity index (χ1v) is 17.8. The van der Waals surface area contributed by atoms with Gasteiger partial charge in [0.05, 0.1) is 11.1 Å². The molecule has 9 nitrogen and oxygen atoms in total. The Labute approximate surface area is 256 Å². The van der Waals surface area contributed by atoms with Gasteiger partial charge in [0.1, 0.15) is 41.7 Å². The van der Waals surface area contributed by atoms with Gasteiger partial charge in [-0.2, -0.15) is 10.5 Å². The van der Waals surface area contributed by atoms with E-state index in [2.05, 4.69) is 46.7 Å². The molecule has 0 atom stereocenters. The van der Waals surface area contributed by atoms with Crippen molar-refractivity contribution in [1.29, 1.82) is 10.5 Å². The zero-order valence-electron chi connectivity index (χ0n) is 24.7. The highest BCUT2D eigenvalue weighted by atomic mass is 28.3. The molecule has 0 unspecified atom stereocenters. The zero-order chi connectivity index (χ0) is 31.3. The lowest BCUT2D eigenvalue weighted by Crippen LogP contribution is -2.22. The molecule has 0 spiro atoms. The number of aromatic amines is 1. The number of nitrogens with zero attached hydrogens (tertiary/aromatic N) is 5. The van der Waals surface area contributed by atoms with Crippen LogP contribution in [0.2, 0.25) is 25.7 Å². The van der Waals surface area contributed by atoms with Crippen LogP contribution in [-0.2, 0) is 11.5 Å². The number of ether oxygens (including phenoxy) is 1. The van der Waals surface area contributed by atoms with Gasteiger partial charge in [-0.3, -0.25) is 0 Å². The van der Waals surface area contributed by atoms with Gasteiger partial charge in [-0.1, -0.05) is 43.9 Å². The minimum atomic E-state index is -1.14. The van der Waals surface area contributed by atoms with Gasteiger partial charge in [0.15, 0.2) is 0 Å². The quantitative estimate of drug-likeness (QED) is 0.128. The van der Waals surface area contributed by atoms with Crippen LogP contribution in [-0.4, -0.2) is 44.4 Å². The van der Waals surface area contributed by atoms with E-state index in [0.717, 1.165) is 44.7 Å². The molecule has 0 saturated heterocycles. The van der Waals surface area contributed by atoms with E-state index in [1.165, 1.54) is 0 Å². The summed E-state index contributed by atoms with van der Waals surface area (Å²) in [5.41, 5.74) is 5.97.